The van der Waals surface area contributed by atoms with E-state index < -0.39 is 0 Å². The molecule has 0 unspecified atom stereocenters. The van der Waals surface area contributed by atoms with E-state index in [-0.39, 0.29) is 0 Å². The Kier molecular flexibility index (Phi) is 3.72. The minimum Gasteiger partial charge on any atom is -0.496 e. The fourth-order valence-electron chi connectivity index (χ4n) is 2.96. The summed E-state index contributed by atoms with van der Waals surface area (Å²) in [5, 5.41) is 3.46. The van der Waals surface area contributed by atoms with Gasteiger partial charge >= 0.3 is 0 Å². The Balaban J connectivity index is 2.33. The molecule has 1 saturated heterocycles. The highest BCUT2D eigenvalue weighted by Crippen LogP contribution is 2.38. The minimum absolute atomic E-state index is 0.377. The summed E-state index contributed by atoms with van der Waals surface area (Å²) in [6.07, 6.45) is 3.71. The van der Waals surface area contributed by atoms with Crippen LogP contribution in [0.4, 0.5) is 0 Å². The summed E-state index contributed by atoms with van der Waals surface area (Å²) in [5.41, 5.74) is 3.11. The highest BCUT2D eigenvalue weighted by molar-refractivity contribution is 5.39. The number of methoxy groups -OCH3 is 1. The van der Waals surface area contributed by atoms with Crippen LogP contribution in [0.1, 0.15) is 37.3 Å². The average molecular weight is 233 g/mol. The molecule has 0 radical (unpaired) electrons. The zero-order valence-electron chi connectivity index (χ0n) is 11.2. The van der Waals surface area contributed by atoms with Gasteiger partial charge in [0.05, 0.1) is 7.11 Å². The highest BCUT2D eigenvalue weighted by Gasteiger charge is 2.32. The van der Waals surface area contributed by atoms with E-state index in [1.54, 1.807) is 7.11 Å². The van der Waals surface area contributed by atoms with E-state index in [1.165, 1.54) is 30.4 Å². The van der Waals surface area contributed by atoms with Crippen LogP contribution in [0.3, 0.4) is 0 Å². The molecule has 1 aliphatic heterocycles. The van der Waals surface area contributed by atoms with Crippen LogP contribution in [-0.4, -0.2) is 20.2 Å². The van der Waals surface area contributed by atoms with Gasteiger partial charge in [0.25, 0.3) is 0 Å². The van der Waals surface area contributed by atoms with Crippen molar-refractivity contribution in [3.05, 3.63) is 29.3 Å². The van der Waals surface area contributed by atoms with Gasteiger partial charge in [-0.15, -0.1) is 0 Å². The smallest absolute Gasteiger partial charge is 0.121 e. The Hall–Kier alpha value is -1.02. The van der Waals surface area contributed by atoms with E-state index >= 15 is 0 Å². The van der Waals surface area contributed by atoms with Gasteiger partial charge in [0.1, 0.15) is 5.75 Å². The third-order valence-corrected chi connectivity index (χ3v) is 4.24. The van der Waals surface area contributed by atoms with E-state index in [0.29, 0.717) is 5.41 Å². The van der Waals surface area contributed by atoms with Gasteiger partial charge in [-0.2, -0.15) is 0 Å². The average Bonchev–Trinajstić information content (AvgIpc) is 2.39. The molecule has 2 nitrogen and oxygen atoms in total. The van der Waals surface area contributed by atoms with Gasteiger partial charge in [0.15, 0.2) is 0 Å². The zero-order chi connectivity index (χ0) is 12.3. The van der Waals surface area contributed by atoms with Gasteiger partial charge in [0.2, 0.25) is 0 Å². The molecule has 0 saturated carbocycles. The Morgan fingerprint density at radius 2 is 2.00 bits per heavy atom. The second-order valence-electron chi connectivity index (χ2n) is 5.07. The molecule has 0 atom stereocenters. The van der Waals surface area contributed by atoms with Gasteiger partial charge in [-0.1, -0.05) is 19.1 Å². The molecule has 0 bridgehead atoms. The van der Waals surface area contributed by atoms with Crippen molar-refractivity contribution < 1.29 is 4.74 Å². The Morgan fingerprint density at radius 3 is 2.53 bits per heavy atom. The monoisotopic (exact) mass is 233 g/mol. The number of aryl methyl sites for hydroxylation is 1. The highest BCUT2D eigenvalue weighted by atomic mass is 16.5. The quantitative estimate of drug-likeness (QED) is 0.866. The van der Waals surface area contributed by atoms with Crippen LogP contribution in [0.2, 0.25) is 0 Å². The lowest BCUT2D eigenvalue weighted by Gasteiger charge is -2.37. The molecule has 0 aliphatic carbocycles. The summed E-state index contributed by atoms with van der Waals surface area (Å²) < 4.78 is 5.34. The predicted octanol–water partition coefficient (Wildman–Crippen LogP) is 3.03. The molecular weight excluding hydrogens is 210 g/mol. The molecule has 0 aromatic heterocycles. The number of rotatable bonds is 3. The predicted molar refractivity (Wildman–Crippen MR) is 71.8 cm³/mol. The second-order valence-corrected chi connectivity index (χ2v) is 5.07. The maximum atomic E-state index is 5.34. The molecule has 0 spiro atoms. The van der Waals surface area contributed by atoms with Crippen molar-refractivity contribution in [3.63, 3.8) is 0 Å². The molecular formula is C15H23NO. The third-order valence-electron chi connectivity index (χ3n) is 4.24. The minimum atomic E-state index is 0.377. The van der Waals surface area contributed by atoms with Crippen LogP contribution >= 0.6 is 0 Å². The van der Waals surface area contributed by atoms with Crippen molar-refractivity contribution >= 4 is 0 Å². The number of ether oxygens (including phenoxy) is 1. The summed E-state index contributed by atoms with van der Waals surface area (Å²) in [5.74, 6) is 0.994. The molecule has 17 heavy (non-hydrogen) atoms. The molecule has 0 amide bonds. The maximum absolute atomic E-state index is 5.34. The lowest BCUT2D eigenvalue weighted by atomic mass is 9.71. The molecule has 1 fully saturated rings. The number of hydrogen-bond acceptors (Lipinski definition) is 2. The van der Waals surface area contributed by atoms with Crippen molar-refractivity contribution in [3.8, 4) is 5.75 Å². The number of hydrogen-bond donors (Lipinski definition) is 1. The Morgan fingerprint density at radius 1 is 1.29 bits per heavy atom. The lowest BCUT2D eigenvalue weighted by Crippen LogP contribution is -2.39. The molecule has 94 valence electrons. The normalized spacial score (nSPS) is 19.0. The van der Waals surface area contributed by atoms with Gasteiger partial charge in [-0.05, 0) is 61.9 Å². The van der Waals surface area contributed by atoms with E-state index in [2.05, 4.69) is 37.4 Å². The van der Waals surface area contributed by atoms with Crippen molar-refractivity contribution in [2.75, 3.05) is 20.2 Å². The Labute approximate surface area is 104 Å². The first-order chi connectivity index (χ1) is 8.22. The van der Waals surface area contributed by atoms with Gasteiger partial charge in [-0.3, -0.25) is 0 Å². The molecule has 1 aromatic carbocycles. The molecule has 2 heteroatoms. The van der Waals surface area contributed by atoms with E-state index in [1.807, 2.05) is 0 Å². The summed E-state index contributed by atoms with van der Waals surface area (Å²) in [6.45, 7) is 6.72. The van der Waals surface area contributed by atoms with E-state index in [4.69, 9.17) is 4.74 Å². The van der Waals surface area contributed by atoms with Crippen LogP contribution in [0.5, 0.6) is 5.75 Å². The van der Waals surface area contributed by atoms with E-state index in [0.717, 1.165) is 18.8 Å². The van der Waals surface area contributed by atoms with Crippen molar-refractivity contribution in [2.24, 2.45) is 0 Å². The molecule has 2 rings (SSSR count). The zero-order valence-corrected chi connectivity index (χ0v) is 11.2. The third kappa shape index (κ3) is 2.32. The van der Waals surface area contributed by atoms with Crippen molar-refractivity contribution in [1.82, 2.24) is 5.32 Å². The van der Waals surface area contributed by atoms with Gasteiger partial charge < -0.3 is 10.1 Å². The fraction of sp³-hybridized carbons (Fsp3) is 0.600. The van der Waals surface area contributed by atoms with Gasteiger partial charge in [-0.25, -0.2) is 0 Å². The van der Waals surface area contributed by atoms with Crippen molar-refractivity contribution in [1.29, 1.82) is 0 Å². The number of nitrogens with one attached hydrogen (secondary N) is 1. The SMILES string of the molecule is CCC1(c2ccc(OC)c(C)c2)CCNCC1. The standard InChI is InChI=1S/C15H23NO/c1-4-15(7-9-16-10-8-15)13-5-6-14(17-3)12(2)11-13/h5-6,11,16H,4,7-10H2,1-3H3. The summed E-state index contributed by atoms with van der Waals surface area (Å²) >= 11 is 0. The summed E-state index contributed by atoms with van der Waals surface area (Å²) in [6, 6.07) is 6.68. The summed E-state index contributed by atoms with van der Waals surface area (Å²) in [7, 11) is 1.74. The molecule has 1 heterocycles. The van der Waals surface area contributed by atoms with Crippen LogP contribution in [0.25, 0.3) is 0 Å². The van der Waals surface area contributed by atoms with Crippen LogP contribution in [0.15, 0.2) is 18.2 Å². The Bertz CT molecular complexity index is 381. The number of piperidine rings is 1. The summed E-state index contributed by atoms with van der Waals surface area (Å²) in [4.78, 5) is 0. The first-order valence-electron chi connectivity index (χ1n) is 6.58. The van der Waals surface area contributed by atoms with Gasteiger partial charge in [0, 0.05) is 0 Å². The molecule has 1 N–H and O–H groups in total. The second kappa shape index (κ2) is 5.09. The van der Waals surface area contributed by atoms with Crippen molar-refractivity contribution in [2.45, 2.75) is 38.5 Å². The largest absolute Gasteiger partial charge is 0.496 e. The van der Waals surface area contributed by atoms with Crippen LogP contribution in [0, 0.1) is 6.92 Å². The fourth-order valence-corrected chi connectivity index (χ4v) is 2.96. The molecule has 1 aromatic rings. The van der Waals surface area contributed by atoms with Crippen LogP contribution < -0.4 is 10.1 Å². The topological polar surface area (TPSA) is 21.3 Å². The first-order valence-corrected chi connectivity index (χ1v) is 6.58. The number of benzene rings is 1. The molecule has 1 aliphatic rings. The van der Waals surface area contributed by atoms with E-state index in [9.17, 15) is 0 Å². The van der Waals surface area contributed by atoms with Crippen LogP contribution in [-0.2, 0) is 5.41 Å². The first kappa shape index (κ1) is 12.4. The maximum Gasteiger partial charge on any atom is 0.121 e. The lowest BCUT2D eigenvalue weighted by molar-refractivity contribution is 0.297.